The van der Waals surface area contributed by atoms with E-state index in [0.29, 0.717) is 22.4 Å². The van der Waals surface area contributed by atoms with E-state index >= 15 is 0 Å². The third kappa shape index (κ3) is 2.95. The molecule has 1 amide bonds. The maximum Gasteiger partial charge on any atom is 0.328 e. The van der Waals surface area contributed by atoms with Crippen molar-refractivity contribution in [2.45, 2.75) is 25.4 Å². The Hall–Kier alpha value is -2.21. The molecule has 21 heavy (non-hydrogen) atoms. The molecule has 1 saturated carbocycles. The first kappa shape index (κ1) is 13.8. The fraction of sp³-hybridized carbons (Fsp3) is 0.286. The minimum absolute atomic E-state index is 0.0511. The Morgan fingerprint density at radius 2 is 2.14 bits per heavy atom. The molecule has 2 aromatic rings. The summed E-state index contributed by atoms with van der Waals surface area (Å²) >= 11 is 5.87. The van der Waals surface area contributed by atoms with Gasteiger partial charge in [0.05, 0.1) is 11.4 Å². The number of amides is 1. The molecule has 7 heteroatoms. The highest BCUT2D eigenvalue weighted by Crippen LogP contribution is 2.33. The van der Waals surface area contributed by atoms with Crippen molar-refractivity contribution in [3.63, 3.8) is 0 Å². The van der Waals surface area contributed by atoms with Gasteiger partial charge in [0.2, 0.25) is 5.91 Å². The summed E-state index contributed by atoms with van der Waals surface area (Å²) in [6, 6.07) is 5.14. The highest BCUT2D eigenvalue weighted by atomic mass is 35.5. The third-order valence-corrected chi connectivity index (χ3v) is 3.65. The van der Waals surface area contributed by atoms with Gasteiger partial charge in [-0.3, -0.25) is 13.9 Å². The third-order valence-electron chi connectivity index (χ3n) is 3.42. The van der Waals surface area contributed by atoms with Gasteiger partial charge in [-0.1, -0.05) is 11.6 Å². The van der Waals surface area contributed by atoms with Crippen LogP contribution in [-0.2, 0) is 11.3 Å². The van der Waals surface area contributed by atoms with Crippen LogP contribution in [0.4, 0.5) is 11.4 Å². The molecular weight excluding hydrogens is 292 g/mol. The number of nitrogens with two attached hydrogens (primary N) is 1. The molecule has 1 aromatic heterocycles. The molecule has 0 saturated heterocycles. The van der Waals surface area contributed by atoms with E-state index in [4.69, 9.17) is 17.3 Å². The minimum Gasteiger partial charge on any atom is -0.397 e. The fourth-order valence-corrected chi connectivity index (χ4v) is 2.33. The second-order valence-corrected chi connectivity index (χ2v) is 5.56. The number of hydrogen-bond acceptors (Lipinski definition) is 3. The fourth-order valence-electron chi connectivity index (χ4n) is 2.16. The quantitative estimate of drug-likeness (QED) is 0.846. The molecule has 0 spiro atoms. The summed E-state index contributed by atoms with van der Waals surface area (Å²) in [4.78, 5) is 24.1. The normalized spacial score (nSPS) is 14.1. The standard InChI is InChI=1S/C14H15ClN4O2/c15-9-1-4-11(16)12(7-9)17-13(20)8-18-5-6-19(14(18)21)10-2-3-10/h1,4-7,10H,2-3,8,16H2,(H,17,20). The molecule has 0 atom stereocenters. The summed E-state index contributed by atoms with van der Waals surface area (Å²) in [7, 11) is 0. The predicted molar refractivity (Wildman–Crippen MR) is 81.5 cm³/mol. The van der Waals surface area contributed by atoms with E-state index in [1.807, 2.05) is 0 Å². The van der Waals surface area contributed by atoms with Crippen molar-refractivity contribution in [1.82, 2.24) is 9.13 Å². The number of nitrogen functional groups attached to an aromatic ring is 1. The Bertz CT molecular complexity index is 746. The van der Waals surface area contributed by atoms with E-state index in [2.05, 4.69) is 5.32 Å². The first-order valence-electron chi connectivity index (χ1n) is 6.67. The van der Waals surface area contributed by atoms with E-state index in [9.17, 15) is 9.59 Å². The van der Waals surface area contributed by atoms with Crippen LogP contribution >= 0.6 is 11.6 Å². The average Bonchev–Trinajstić information content (AvgIpc) is 3.21. The van der Waals surface area contributed by atoms with Gasteiger partial charge in [-0.25, -0.2) is 4.79 Å². The lowest BCUT2D eigenvalue weighted by Crippen LogP contribution is -2.29. The van der Waals surface area contributed by atoms with Crippen LogP contribution in [0.3, 0.4) is 0 Å². The van der Waals surface area contributed by atoms with E-state index < -0.39 is 0 Å². The van der Waals surface area contributed by atoms with Gasteiger partial charge in [-0.15, -0.1) is 0 Å². The predicted octanol–water partition coefficient (Wildman–Crippen LogP) is 1.86. The summed E-state index contributed by atoms with van der Waals surface area (Å²) in [6.07, 6.45) is 5.40. The number of nitrogens with zero attached hydrogens (tertiary/aromatic N) is 2. The van der Waals surface area contributed by atoms with Crippen LogP contribution in [0, 0.1) is 0 Å². The number of imidazole rings is 1. The molecule has 6 nitrogen and oxygen atoms in total. The Labute approximate surface area is 126 Å². The molecule has 0 unspecified atom stereocenters. The van der Waals surface area contributed by atoms with Gasteiger partial charge in [0.1, 0.15) is 6.54 Å². The summed E-state index contributed by atoms with van der Waals surface area (Å²) in [6.45, 7) is -0.0511. The number of carbonyl (C=O) groups excluding carboxylic acids is 1. The Kier molecular flexibility index (Phi) is 3.47. The highest BCUT2D eigenvalue weighted by molar-refractivity contribution is 6.31. The summed E-state index contributed by atoms with van der Waals surface area (Å²) < 4.78 is 3.05. The maximum atomic E-state index is 12.1. The lowest BCUT2D eigenvalue weighted by atomic mass is 10.2. The van der Waals surface area contributed by atoms with E-state index in [0.717, 1.165) is 12.8 Å². The van der Waals surface area contributed by atoms with Crippen LogP contribution in [0.2, 0.25) is 5.02 Å². The minimum atomic E-state index is -0.320. The summed E-state index contributed by atoms with van der Waals surface area (Å²) in [5.41, 5.74) is 6.48. The molecule has 1 aliphatic carbocycles. The number of halogens is 1. The van der Waals surface area contributed by atoms with Crippen molar-refractivity contribution in [2.75, 3.05) is 11.1 Å². The molecule has 0 radical (unpaired) electrons. The second kappa shape index (κ2) is 5.29. The lowest BCUT2D eigenvalue weighted by molar-refractivity contribution is -0.116. The number of rotatable bonds is 4. The molecule has 0 aliphatic heterocycles. The summed E-state index contributed by atoms with van der Waals surface area (Å²) in [5, 5.41) is 3.15. The number of anilines is 2. The number of nitrogens with one attached hydrogen (secondary N) is 1. The summed E-state index contributed by atoms with van der Waals surface area (Å²) in [5.74, 6) is -0.320. The second-order valence-electron chi connectivity index (χ2n) is 5.13. The zero-order valence-electron chi connectivity index (χ0n) is 11.3. The van der Waals surface area contributed by atoms with Crippen molar-refractivity contribution in [3.8, 4) is 0 Å². The van der Waals surface area contributed by atoms with Crippen LogP contribution in [0.25, 0.3) is 0 Å². The number of carbonyl (C=O) groups is 1. The van der Waals surface area contributed by atoms with Gasteiger partial charge in [-0.05, 0) is 31.0 Å². The maximum absolute atomic E-state index is 12.1. The molecule has 0 bridgehead atoms. The monoisotopic (exact) mass is 306 g/mol. The Morgan fingerprint density at radius 3 is 2.86 bits per heavy atom. The molecule has 110 valence electrons. The SMILES string of the molecule is Nc1ccc(Cl)cc1NC(=O)Cn1ccn(C2CC2)c1=O. The van der Waals surface area contributed by atoms with E-state index in [-0.39, 0.29) is 18.1 Å². The van der Waals surface area contributed by atoms with Gasteiger partial charge in [-0.2, -0.15) is 0 Å². The first-order valence-corrected chi connectivity index (χ1v) is 7.04. The first-order chi connectivity index (χ1) is 10.0. The lowest BCUT2D eigenvalue weighted by Gasteiger charge is -2.08. The van der Waals surface area contributed by atoms with Gasteiger partial charge in [0.25, 0.3) is 0 Å². The Morgan fingerprint density at radius 1 is 1.38 bits per heavy atom. The van der Waals surface area contributed by atoms with E-state index in [1.54, 1.807) is 35.2 Å². The topological polar surface area (TPSA) is 82.0 Å². The number of benzene rings is 1. The van der Waals surface area contributed by atoms with Crippen molar-refractivity contribution < 1.29 is 4.79 Å². The van der Waals surface area contributed by atoms with Crippen molar-refractivity contribution in [1.29, 1.82) is 0 Å². The van der Waals surface area contributed by atoms with Crippen molar-refractivity contribution in [2.24, 2.45) is 0 Å². The van der Waals surface area contributed by atoms with Crippen LogP contribution in [0.5, 0.6) is 0 Å². The number of hydrogen-bond donors (Lipinski definition) is 2. The Balaban J connectivity index is 1.72. The molecular formula is C14H15ClN4O2. The van der Waals surface area contributed by atoms with Crippen LogP contribution in [-0.4, -0.2) is 15.0 Å². The average molecular weight is 307 g/mol. The van der Waals surface area contributed by atoms with Crippen LogP contribution in [0.15, 0.2) is 35.4 Å². The highest BCUT2D eigenvalue weighted by Gasteiger charge is 2.25. The largest absolute Gasteiger partial charge is 0.397 e. The smallest absolute Gasteiger partial charge is 0.328 e. The number of aromatic nitrogens is 2. The van der Waals surface area contributed by atoms with Crippen molar-refractivity contribution in [3.05, 3.63) is 46.1 Å². The van der Waals surface area contributed by atoms with Gasteiger partial charge in [0.15, 0.2) is 0 Å². The van der Waals surface area contributed by atoms with Crippen LogP contribution < -0.4 is 16.7 Å². The van der Waals surface area contributed by atoms with Gasteiger partial charge < -0.3 is 11.1 Å². The van der Waals surface area contributed by atoms with Gasteiger partial charge >= 0.3 is 5.69 Å². The molecule has 1 aromatic carbocycles. The zero-order valence-corrected chi connectivity index (χ0v) is 12.0. The van der Waals surface area contributed by atoms with Gasteiger partial charge in [0, 0.05) is 23.5 Å². The molecule has 3 rings (SSSR count). The molecule has 3 N–H and O–H groups in total. The molecule has 1 fully saturated rings. The van der Waals surface area contributed by atoms with Crippen LogP contribution in [0.1, 0.15) is 18.9 Å². The molecule has 1 heterocycles. The molecule has 1 aliphatic rings. The van der Waals surface area contributed by atoms with Crippen molar-refractivity contribution >= 4 is 28.9 Å². The van der Waals surface area contributed by atoms with E-state index in [1.165, 1.54) is 4.57 Å². The zero-order chi connectivity index (χ0) is 15.0.